The van der Waals surface area contributed by atoms with Gasteiger partial charge in [-0.3, -0.25) is 0 Å². The molecule has 2 rings (SSSR count). The molecule has 2 aromatic rings. The number of hydrogen-bond donors (Lipinski definition) is 1. The van der Waals surface area contributed by atoms with Crippen molar-refractivity contribution in [3.63, 3.8) is 0 Å². The van der Waals surface area contributed by atoms with Crippen LogP contribution in [0, 0.1) is 11.3 Å². The largest absolute Gasteiger partial charge is 0.484 e. The number of furan rings is 1. The van der Waals surface area contributed by atoms with Gasteiger partial charge >= 0.3 is 5.97 Å². The Morgan fingerprint density at radius 1 is 1.53 bits per heavy atom. The van der Waals surface area contributed by atoms with Gasteiger partial charge in [0.2, 0.25) is 5.76 Å². The minimum absolute atomic E-state index is 0.0873. The van der Waals surface area contributed by atoms with E-state index in [-0.39, 0.29) is 12.4 Å². The van der Waals surface area contributed by atoms with Gasteiger partial charge in [-0.05, 0) is 24.6 Å². The van der Waals surface area contributed by atoms with Gasteiger partial charge in [-0.1, -0.05) is 12.1 Å². The maximum Gasteiger partial charge on any atom is 0.328 e. The molecule has 1 aromatic carbocycles. The second kappa shape index (κ2) is 5.27. The quantitative estimate of drug-likeness (QED) is 0.851. The Balaban J connectivity index is 2.30. The van der Waals surface area contributed by atoms with E-state index in [9.17, 15) is 4.79 Å². The maximum absolute atomic E-state index is 10.5. The molecule has 0 aliphatic rings. The van der Waals surface area contributed by atoms with E-state index in [0.29, 0.717) is 22.3 Å². The van der Waals surface area contributed by atoms with Crippen molar-refractivity contribution in [1.29, 1.82) is 5.26 Å². The smallest absolute Gasteiger partial charge is 0.328 e. The van der Waals surface area contributed by atoms with Crippen LogP contribution < -0.4 is 4.74 Å². The molecule has 19 heavy (non-hydrogen) atoms. The Morgan fingerprint density at radius 3 is 2.95 bits per heavy atom. The predicted octanol–water partition coefficient (Wildman–Crippen LogP) is 2.71. The maximum atomic E-state index is 10.5. The van der Waals surface area contributed by atoms with Gasteiger partial charge in [0.1, 0.15) is 18.3 Å². The van der Waals surface area contributed by atoms with E-state index in [1.54, 1.807) is 25.1 Å². The summed E-state index contributed by atoms with van der Waals surface area (Å²) in [6.45, 7) is 1.73. The number of rotatable bonds is 4. The summed E-state index contributed by atoms with van der Waals surface area (Å²) >= 11 is 0. The number of aliphatic carboxylic acids is 1. The predicted molar refractivity (Wildman–Crippen MR) is 67.8 cm³/mol. The molecular formula is C14H11NO4. The molecule has 0 spiro atoms. The average Bonchev–Trinajstić information content (AvgIpc) is 2.73. The van der Waals surface area contributed by atoms with Crippen molar-refractivity contribution in [2.24, 2.45) is 0 Å². The van der Waals surface area contributed by atoms with Crippen LogP contribution in [-0.2, 0) is 4.79 Å². The molecule has 0 aliphatic carbocycles. The monoisotopic (exact) mass is 257 g/mol. The zero-order valence-electron chi connectivity index (χ0n) is 10.2. The molecule has 0 unspecified atom stereocenters. The van der Waals surface area contributed by atoms with Crippen molar-refractivity contribution in [2.45, 2.75) is 6.92 Å². The summed E-state index contributed by atoms with van der Waals surface area (Å²) in [6.07, 6.45) is 1.06. The summed E-state index contributed by atoms with van der Waals surface area (Å²) in [5.41, 5.74) is 1.11. The number of para-hydroxylation sites is 1. The number of carboxylic acids is 1. The normalized spacial score (nSPS) is 11.3. The van der Waals surface area contributed by atoms with Crippen LogP contribution in [-0.4, -0.2) is 17.7 Å². The third kappa shape index (κ3) is 2.75. The first kappa shape index (κ1) is 12.7. The van der Waals surface area contributed by atoms with Crippen molar-refractivity contribution < 1.29 is 19.1 Å². The second-order valence-corrected chi connectivity index (χ2v) is 3.99. The van der Waals surface area contributed by atoms with Crippen LogP contribution in [0.2, 0.25) is 0 Å². The number of hydrogen-bond acceptors (Lipinski definition) is 4. The Hall–Kier alpha value is -2.74. The van der Waals surface area contributed by atoms with Crippen LogP contribution in [0.5, 0.6) is 5.75 Å². The Kier molecular flexibility index (Phi) is 3.53. The number of nitrogens with zero attached hydrogens (tertiary/aromatic N) is 1. The van der Waals surface area contributed by atoms with Crippen LogP contribution in [0.25, 0.3) is 11.0 Å². The van der Waals surface area contributed by atoms with Crippen LogP contribution in [0.15, 0.2) is 40.3 Å². The molecule has 96 valence electrons. The SMILES string of the molecule is C/C(=C/C(=O)O)COc1c(C#N)oc2ccccc12. The average molecular weight is 257 g/mol. The molecule has 0 atom stereocenters. The highest BCUT2D eigenvalue weighted by Crippen LogP contribution is 2.32. The molecule has 0 fully saturated rings. The van der Waals surface area contributed by atoms with Crippen molar-refractivity contribution in [3.8, 4) is 11.8 Å². The van der Waals surface area contributed by atoms with Gasteiger partial charge in [0.15, 0.2) is 5.75 Å². The number of fused-ring (bicyclic) bond motifs is 1. The number of benzene rings is 1. The molecule has 0 saturated carbocycles. The number of carboxylic acid groups (broad SMARTS) is 1. The number of ether oxygens (including phenoxy) is 1. The molecule has 0 aliphatic heterocycles. The highest BCUT2D eigenvalue weighted by molar-refractivity contribution is 5.86. The standard InChI is InChI=1S/C14H11NO4/c1-9(6-13(16)17)8-18-14-10-4-2-3-5-11(10)19-12(14)7-15/h2-6H,8H2,1H3,(H,16,17)/b9-6-. The van der Waals surface area contributed by atoms with Gasteiger partial charge in [-0.15, -0.1) is 0 Å². The van der Waals surface area contributed by atoms with Gasteiger partial charge in [0, 0.05) is 6.08 Å². The van der Waals surface area contributed by atoms with E-state index >= 15 is 0 Å². The van der Waals surface area contributed by atoms with Crippen molar-refractivity contribution in [3.05, 3.63) is 41.7 Å². The van der Waals surface area contributed by atoms with Crippen LogP contribution in [0.3, 0.4) is 0 Å². The Morgan fingerprint density at radius 2 is 2.26 bits per heavy atom. The van der Waals surface area contributed by atoms with E-state index < -0.39 is 5.97 Å². The van der Waals surface area contributed by atoms with Gasteiger partial charge in [-0.2, -0.15) is 5.26 Å². The van der Waals surface area contributed by atoms with Crippen LogP contribution in [0.4, 0.5) is 0 Å². The van der Waals surface area contributed by atoms with E-state index in [4.69, 9.17) is 19.5 Å². The summed E-state index contributed by atoms with van der Waals surface area (Å²) < 4.78 is 10.8. The lowest BCUT2D eigenvalue weighted by atomic mass is 10.2. The first-order valence-corrected chi connectivity index (χ1v) is 5.56. The van der Waals surface area contributed by atoms with Gasteiger partial charge in [-0.25, -0.2) is 4.79 Å². The van der Waals surface area contributed by atoms with Gasteiger partial charge in [0.05, 0.1) is 5.39 Å². The van der Waals surface area contributed by atoms with Crippen molar-refractivity contribution in [2.75, 3.05) is 6.61 Å². The highest BCUT2D eigenvalue weighted by Gasteiger charge is 2.14. The summed E-state index contributed by atoms with van der Waals surface area (Å²) in [5, 5.41) is 18.3. The van der Waals surface area contributed by atoms with E-state index in [2.05, 4.69) is 0 Å². The first-order chi connectivity index (χ1) is 9.11. The minimum atomic E-state index is -1.03. The molecule has 1 aromatic heterocycles. The molecule has 1 heterocycles. The molecule has 5 nitrogen and oxygen atoms in total. The Labute approximate surface area is 109 Å². The fourth-order valence-electron chi connectivity index (χ4n) is 1.68. The number of nitriles is 1. The summed E-state index contributed by atoms with van der Waals surface area (Å²) in [5.74, 6) is -0.598. The van der Waals surface area contributed by atoms with E-state index in [0.717, 1.165) is 6.08 Å². The molecular weight excluding hydrogens is 246 g/mol. The number of carbonyl (C=O) groups is 1. The lowest BCUT2D eigenvalue weighted by Crippen LogP contribution is -2.01. The molecule has 1 N–H and O–H groups in total. The summed E-state index contributed by atoms with van der Waals surface area (Å²) in [7, 11) is 0. The minimum Gasteiger partial charge on any atom is -0.484 e. The van der Waals surface area contributed by atoms with E-state index in [1.165, 1.54) is 0 Å². The molecule has 0 bridgehead atoms. The summed E-state index contributed by atoms with van der Waals surface area (Å²) in [6, 6.07) is 9.05. The summed E-state index contributed by atoms with van der Waals surface area (Å²) in [4.78, 5) is 10.5. The zero-order valence-corrected chi connectivity index (χ0v) is 10.2. The van der Waals surface area contributed by atoms with Crippen LogP contribution >= 0.6 is 0 Å². The fraction of sp³-hybridized carbons (Fsp3) is 0.143. The van der Waals surface area contributed by atoms with E-state index in [1.807, 2.05) is 12.1 Å². The third-order valence-corrected chi connectivity index (χ3v) is 2.47. The molecule has 0 amide bonds. The topological polar surface area (TPSA) is 83.5 Å². The lowest BCUT2D eigenvalue weighted by Gasteiger charge is -2.04. The Bertz CT molecular complexity index is 691. The fourth-order valence-corrected chi connectivity index (χ4v) is 1.68. The van der Waals surface area contributed by atoms with Gasteiger partial charge in [0.25, 0.3) is 0 Å². The van der Waals surface area contributed by atoms with Crippen molar-refractivity contribution >= 4 is 16.9 Å². The third-order valence-electron chi connectivity index (χ3n) is 2.47. The lowest BCUT2D eigenvalue weighted by molar-refractivity contribution is -0.131. The molecule has 0 saturated heterocycles. The van der Waals surface area contributed by atoms with Gasteiger partial charge < -0.3 is 14.3 Å². The highest BCUT2D eigenvalue weighted by atomic mass is 16.5. The molecule has 5 heteroatoms. The van der Waals surface area contributed by atoms with Crippen molar-refractivity contribution in [1.82, 2.24) is 0 Å². The first-order valence-electron chi connectivity index (χ1n) is 5.56. The molecule has 0 radical (unpaired) electrons. The van der Waals surface area contributed by atoms with Crippen LogP contribution in [0.1, 0.15) is 12.7 Å². The zero-order chi connectivity index (χ0) is 13.8. The second-order valence-electron chi connectivity index (χ2n) is 3.99.